The van der Waals surface area contributed by atoms with Gasteiger partial charge in [-0.15, -0.1) is 0 Å². The Hall–Kier alpha value is -5.33. The monoisotopic (exact) mass is 464 g/mol. The second kappa shape index (κ2) is 9.89. The molecule has 0 aromatic heterocycles. The standard InChI is InChI=1S/C30H20N6/c31-21-27(33-25-17-9-3-10-18-25)30(22-32)28(23-13-5-1-6-14-23)34-36(26-19-11-4-12-20-26)35-29(30)24-15-7-2-8-16-24/h1-20H. The lowest BCUT2D eigenvalue weighted by atomic mass is 9.70. The quantitative estimate of drug-likeness (QED) is 0.333. The Morgan fingerprint density at radius 1 is 0.639 bits per heavy atom. The maximum atomic E-state index is 10.9. The molecular formula is C30H20N6. The number of aliphatic imine (C=N–C) groups is 1. The molecule has 0 atom stereocenters. The van der Waals surface area contributed by atoms with Crippen LogP contribution in [0.15, 0.2) is 137 Å². The number of hydrogen-bond acceptors (Lipinski definition) is 6. The predicted octanol–water partition coefficient (Wildman–Crippen LogP) is 6.12. The van der Waals surface area contributed by atoms with E-state index in [1.807, 2.05) is 109 Å². The number of hydrogen-bond donors (Lipinski definition) is 0. The molecule has 6 nitrogen and oxygen atoms in total. The molecule has 0 bridgehead atoms. The van der Waals surface area contributed by atoms with Gasteiger partial charge in [-0.2, -0.15) is 25.8 Å². The number of anilines is 1. The van der Waals surface area contributed by atoms with Crippen molar-refractivity contribution in [1.29, 1.82) is 10.5 Å². The molecule has 0 radical (unpaired) electrons. The molecule has 6 heteroatoms. The number of rotatable bonds is 5. The molecule has 4 aromatic rings. The number of hydrazone groups is 2. The Kier molecular flexibility index (Phi) is 6.17. The highest BCUT2D eigenvalue weighted by molar-refractivity contribution is 6.42. The van der Waals surface area contributed by atoms with Gasteiger partial charge in [0.1, 0.15) is 17.5 Å². The molecule has 36 heavy (non-hydrogen) atoms. The summed E-state index contributed by atoms with van der Waals surface area (Å²) < 4.78 is 0. The highest BCUT2D eigenvalue weighted by atomic mass is 15.7. The maximum absolute atomic E-state index is 10.9. The lowest BCUT2D eigenvalue weighted by Crippen LogP contribution is -2.50. The van der Waals surface area contributed by atoms with Gasteiger partial charge in [0.15, 0.2) is 11.1 Å². The molecule has 0 saturated heterocycles. The summed E-state index contributed by atoms with van der Waals surface area (Å²) in [5.41, 5.74) is 1.77. The van der Waals surface area contributed by atoms with Crippen molar-refractivity contribution in [3.8, 4) is 12.1 Å². The minimum Gasteiger partial charge on any atom is -0.240 e. The average Bonchev–Trinajstić information content (AvgIpc) is 2.97. The van der Waals surface area contributed by atoms with Crippen molar-refractivity contribution in [3.05, 3.63) is 132 Å². The van der Waals surface area contributed by atoms with Crippen molar-refractivity contribution >= 4 is 28.5 Å². The summed E-state index contributed by atoms with van der Waals surface area (Å²) in [5.74, 6) is 0. The number of benzene rings is 4. The van der Waals surface area contributed by atoms with Gasteiger partial charge < -0.3 is 0 Å². The molecule has 1 aliphatic heterocycles. The minimum absolute atomic E-state index is 0.00545. The largest absolute Gasteiger partial charge is 0.240 e. The van der Waals surface area contributed by atoms with E-state index in [2.05, 4.69) is 17.1 Å². The van der Waals surface area contributed by atoms with Crippen LogP contribution in [0.4, 0.5) is 11.4 Å². The molecule has 0 saturated carbocycles. The third-order valence-corrected chi connectivity index (χ3v) is 5.81. The second-order valence-electron chi connectivity index (χ2n) is 8.02. The molecule has 0 amide bonds. The van der Waals surface area contributed by atoms with Crippen LogP contribution < -0.4 is 5.12 Å². The first kappa shape index (κ1) is 22.5. The summed E-state index contributed by atoms with van der Waals surface area (Å²) in [4.78, 5) is 4.65. The molecule has 0 aliphatic carbocycles. The molecule has 0 N–H and O–H groups in total. The van der Waals surface area contributed by atoms with Crippen molar-refractivity contribution in [2.75, 3.05) is 5.12 Å². The van der Waals surface area contributed by atoms with E-state index < -0.39 is 5.41 Å². The van der Waals surface area contributed by atoms with Crippen molar-refractivity contribution in [2.24, 2.45) is 20.6 Å². The lowest BCUT2D eigenvalue weighted by Gasteiger charge is -2.34. The Bertz CT molecular complexity index is 1470. The SMILES string of the molecule is N#CC(=Nc1ccccc1)C1(C#N)C(c2ccccc2)=NN(c2ccccc2)N=C1c1ccccc1. The highest BCUT2D eigenvalue weighted by Gasteiger charge is 2.51. The highest BCUT2D eigenvalue weighted by Crippen LogP contribution is 2.37. The zero-order valence-corrected chi connectivity index (χ0v) is 19.2. The van der Waals surface area contributed by atoms with Gasteiger partial charge in [0.2, 0.25) is 0 Å². The second-order valence-corrected chi connectivity index (χ2v) is 8.02. The van der Waals surface area contributed by atoms with E-state index in [-0.39, 0.29) is 5.71 Å². The van der Waals surface area contributed by atoms with E-state index in [9.17, 15) is 10.5 Å². The summed E-state index contributed by atoms with van der Waals surface area (Å²) in [6.45, 7) is 0. The number of nitriles is 2. The predicted molar refractivity (Wildman–Crippen MR) is 142 cm³/mol. The van der Waals surface area contributed by atoms with Gasteiger partial charge in [0, 0.05) is 11.1 Å². The Balaban J connectivity index is 1.84. The molecule has 0 unspecified atom stereocenters. The topological polar surface area (TPSA) is 87.9 Å². The average molecular weight is 465 g/mol. The first-order valence-corrected chi connectivity index (χ1v) is 11.4. The van der Waals surface area contributed by atoms with Gasteiger partial charge in [0.25, 0.3) is 0 Å². The van der Waals surface area contributed by atoms with Crippen LogP contribution in [-0.2, 0) is 0 Å². The van der Waals surface area contributed by atoms with Crippen LogP contribution in [0.2, 0.25) is 0 Å². The molecule has 1 heterocycles. The molecule has 1 aliphatic rings. The van der Waals surface area contributed by atoms with Crippen molar-refractivity contribution in [1.82, 2.24) is 0 Å². The van der Waals surface area contributed by atoms with Gasteiger partial charge in [-0.05, 0) is 24.3 Å². The molecule has 0 spiro atoms. The van der Waals surface area contributed by atoms with Crippen molar-refractivity contribution in [3.63, 3.8) is 0 Å². The van der Waals surface area contributed by atoms with Gasteiger partial charge in [-0.25, -0.2) is 4.99 Å². The zero-order valence-electron chi connectivity index (χ0n) is 19.2. The Morgan fingerprint density at radius 3 is 1.53 bits per heavy atom. The Labute approximate surface area is 209 Å². The van der Waals surface area contributed by atoms with Gasteiger partial charge >= 0.3 is 0 Å². The Morgan fingerprint density at radius 2 is 1.08 bits per heavy atom. The van der Waals surface area contributed by atoms with Crippen LogP contribution in [0.5, 0.6) is 0 Å². The first-order valence-electron chi connectivity index (χ1n) is 11.4. The van der Waals surface area contributed by atoms with Gasteiger partial charge in [-0.3, -0.25) is 0 Å². The third-order valence-electron chi connectivity index (χ3n) is 5.81. The minimum atomic E-state index is -1.65. The van der Waals surface area contributed by atoms with Crippen LogP contribution in [0, 0.1) is 28.1 Å². The lowest BCUT2D eigenvalue weighted by molar-refractivity contribution is 0.843. The fraction of sp³-hybridized carbons (Fsp3) is 0.0333. The fourth-order valence-corrected chi connectivity index (χ4v) is 4.10. The van der Waals surface area contributed by atoms with E-state index in [1.165, 1.54) is 5.12 Å². The maximum Gasteiger partial charge on any atom is 0.197 e. The first-order chi connectivity index (χ1) is 17.8. The van der Waals surface area contributed by atoms with Gasteiger partial charge in [0.05, 0.1) is 17.4 Å². The van der Waals surface area contributed by atoms with Gasteiger partial charge in [-0.1, -0.05) is 97.1 Å². The summed E-state index contributed by atoms with van der Waals surface area (Å²) in [6, 6.07) is 42.0. The number of nitrogens with zero attached hydrogens (tertiary/aromatic N) is 6. The molecule has 4 aromatic carbocycles. The van der Waals surface area contributed by atoms with Crippen LogP contribution >= 0.6 is 0 Å². The molecular weight excluding hydrogens is 444 g/mol. The summed E-state index contributed by atoms with van der Waals surface area (Å²) >= 11 is 0. The summed E-state index contributed by atoms with van der Waals surface area (Å²) in [5, 5.41) is 32.5. The fourth-order valence-electron chi connectivity index (χ4n) is 4.10. The van der Waals surface area contributed by atoms with Crippen LogP contribution in [0.25, 0.3) is 0 Å². The van der Waals surface area contributed by atoms with Crippen LogP contribution in [0.3, 0.4) is 0 Å². The van der Waals surface area contributed by atoms with Crippen LogP contribution in [-0.4, -0.2) is 17.1 Å². The molecule has 170 valence electrons. The summed E-state index contributed by atoms with van der Waals surface area (Å²) in [7, 11) is 0. The van der Waals surface area contributed by atoms with E-state index in [0.717, 1.165) is 5.69 Å². The van der Waals surface area contributed by atoms with Crippen molar-refractivity contribution in [2.45, 2.75) is 0 Å². The third kappa shape index (κ3) is 4.04. The molecule has 5 rings (SSSR count). The summed E-state index contributed by atoms with van der Waals surface area (Å²) in [6.07, 6.45) is 0. The smallest absolute Gasteiger partial charge is 0.197 e. The van der Waals surface area contributed by atoms with E-state index in [4.69, 9.17) is 10.2 Å². The molecule has 0 fully saturated rings. The normalized spacial score (nSPS) is 14.7. The number of para-hydroxylation sites is 2. The van der Waals surface area contributed by atoms with E-state index in [1.54, 1.807) is 12.1 Å². The van der Waals surface area contributed by atoms with E-state index in [0.29, 0.717) is 28.2 Å². The van der Waals surface area contributed by atoms with E-state index >= 15 is 0 Å². The van der Waals surface area contributed by atoms with Crippen molar-refractivity contribution < 1.29 is 0 Å². The zero-order chi connectivity index (χ0) is 24.8. The van der Waals surface area contributed by atoms with Crippen LogP contribution in [0.1, 0.15) is 11.1 Å².